The number of pyridine rings is 1. The lowest BCUT2D eigenvalue weighted by atomic mass is 10.2. The third kappa shape index (κ3) is 6.65. The first kappa shape index (κ1) is 23.0. The van der Waals surface area contributed by atoms with Crippen LogP contribution in [-0.2, 0) is 13.0 Å². The highest BCUT2D eigenvalue weighted by Gasteiger charge is 2.19. The molecular formula is C22H30FN9O. The van der Waals surface area contributed by atoms with E-state index >= 15 is 0 Å². The van der Waals surface area contributed by atoms with E-state index in [0.717, 1.165) is 32.6 Å². The molecule has 1 saturated heterocycles. The van der Waals surface area contributed by atoms with Crippen molar-refractivity contribution in [2.75, 3.05) is 63.6 Å². The van der Waals surface area contributed by atoms with Crippen LogP contribution in [0, 0.1) is 0 Å². The highest BCUT2D eigenvalue weighted by atomic mass is 19.1. The first-order valence-corrected chi connectivity index (χ1v) is 11.2. The topological polar surface area (TPSA) is 108 Å². The fourth-order valence-electron chi connectivity index (χ4n) is 3.52. The van der Waals surface area contributed by atoms with Gasteiger partial charge in [0.25, 0.3) is 5.89 Å². The van der Waals surface area contributed by atoms with Gasteiger partial charge in [-0.15, -0.1) is 10.2 Å². The minimum Gasteiger partial charge on any atom is -0.419 e. The maximum absolute atomic E-state index is 12.6. The monoisotopic (exact) mass is 455 g/mol. The molecule has 3 aromatic rings. The Bertz CT molecular complexity index is 993. The molecule has 0 aliphatic carbocycles. The molecule has 0 aromatic carbocycles. The van der Waals surface area contributed by atoms with E-state index in [1.165, 1.54) is 5.56 Å². The van der Waals surface area contributed by atoms with Crippen LogP contribution in [0.25, 0.3) is 11.5 Å². The smallest absolute Gasteiger partial charge is 0.253 e. The molecule has 4 rings (SSSR count). The van der Waals surface area contributed by atoms with Crippen molar-refractivity contribution in [3.05, 3.63) is 42.2 Å². The van der Waals surface area contributed by atoms with Gasteiger partial charge in [-0.2, -0.15) is 4.98 Å². The van der Waals surface area contributed by atoms with Gasteiger partial charge in [0.1, 0.15) is 5.82 Å². The van der Waals surface area contributed by atoms with E-state index in [-0.39, 0.29) is 0 Å². The van der Waals surface area contributed by atoms with Crippen LogP contribution in [0.2, 0.25) is 0 Å². The van der Waals surface area contributed by atoms with Gasteiger partial charge < -0.3 is 20.0 Å². The number of hydrogen-bond donors (Lipinski definition) is 2. The first-order chi connectivity index (χ1) is 16.2. The summed E-state index contributed by atoms with van der Waals surface area (Å²) in [6.07, 6.45) is 6.41. The van der Waals surface area contributed by atoms with Gasteiger partial charge in [-0.3, -0.25) is 14.3 Å². The third-order valence-corrected chi connectivity index (χ3v) is 5.49. The summed E-state index contributed by atoms with van der Waals surface area (Å²) in [5.41, 5.74) is 1.78. The average molecular weight is 456 g/mol. The summed E-state index contributed by atoms with van der Waals surface area (Å²) < 4.78 is 18.6. The van der Waals surface area contributed by atoms with Crippen molar-refractivity contribution in [3.8, 4) is 11.5 Å². The fourth-order valence-corrected chi connectivity index (χ4v) is 3.52. The largest absolute Gasteiger partial charge is 0.419 e. The lowest BCUT2D eigenvalue weighted by Gasteiger charge is -2.31. The molecule has 1 aliphatic rings. The molecule has 0 saturated carbocycles. The van der Waals surface area contributed by atoms with Crippen LogP contribution in [-0.4, -0.2) is 87.9 Å². The van der Waals surface area contributed by atoms with Gasteiger partial charge in [-0.1, -0.05) is 0 Å². The van der Waals surface area contributed by atoms with E-state index in [1.54, 1.807) is 18.6 Å². The minimum absolute atomic E-state index is 0.352. The SMILES string of the molecule is CN1CCN(Cc2nnc(-c3cnc(NCCc4ccncc4)nc3NCCCF)o2)CC1. The standard InChI is InChI=1S/C22H30FN9O/c1-31-11-13-32(14-12-31)16-19-29-30-21(33-19)18-15-27-22(28-20(18)25-7-2-6-23)26-10-5-17-3-8-24-9-4-17/h3-4,8-9,15H,2,5-7,10-14,16H2,1H3,(H2,25,26,27,28). The van der Waals surface area contributed by atoms with Crippen LogP contribution in [0.3, 0.4) is 0 Å². The number of halogens is 1. The fraction of sp³-hybridized carbons (Fsp3) is 0.500. The zero-order chi connectivity index (χ0) is 22.9. The average Bonchev–Trinajstić information content (AvgIpc) is 3.30. The Balaban J connectivity index is 1.43. The summed E-state index contributed by atoms with van der Waals surface area (Å²) in [4.78, 5) is 17.6. The highest BCUT2D eigenvalue weighted by Crippen LogP contribution is 2.26. The number of anilines is 2. The number of nitrogens with one attached hydrogen (secondary N) is 2. The Morgan fingerprint density at radius 2 is 1.88 bits per heavy atom. The molecule has 0 amide bonds. The van der Waals surface area contributed by atoms with Crippen molar-refractivity contribution < 1.29 is 8.81 Å². The minimum atomic E-state index is -0.403. The quantitative estimate of drug-likeness (QED) is 0.417. The number of likely N-dealkylation sites (N-methyl/N-ethyl adjacent to an activating group) is 1. The van der Waals surface area contributed by atoms with Crippen LogP contribution in [0.15, 0.2) is 35.1 Å². The van der Waals surface area contributed by atoms with Gasteiger partial charge in [0.15, 0.2) is 0 Å². The van der Waals surface area contributed by atoms with Crippen molar-refractivity contribution >= 4 is 11.8 Å². The molecule has 11 heteroatoms. The van der Waals surface area contributed by atoms with Crippen LogP contribution >= 0.6 is 0 Å². The number of alkyl halides is 1. The van der Waals surface area contributed by atoms with Crippen molar-refractivity contribution in [2.45, 2.75) is 19.4 Å². The van der Waals surface area contributed by atoms with Gasteiger partial charge >= 0.3 is 0 Å². The van der Waals surface area contributed by atoms with Crippen LogP contribution in [0.4, 0.5) is 16.2 Å². The molecule has 176 valence electrons. The van der Waals surface area contributed by atoms with Crippen molar-refractivity contribution in [1.82, 2.24) is 34.9 Å². The number of hydrogen-bond acceptors (Lipinski definition) is 10. The van der Waals surface area contributed by atoms with E-state index in [4.69, 9.17) is 4.42 Å². The second-order valence-electron chi connectivity index (χ2n) is 8.04. The van der Waals surface area contributed by atoms with Crippen LogP contribution < -0.4 is 10.6 Å². The molecule has 2 N–H and O–H groups in total. The predicted octanol–water partition coefficient (Wildman–Crippen LogP) is 2.10. The zero-order valence-corrected chi connectivity index (χ0v) is 18.9. The summed E-state index contributed by atoms with van der Waals surface area (Å²) in [6, 6.07) is 3.95. The second kappa shape index (κ2) is 11.6. The lowest BCUT2D eigenvalue weighted by molar-refractivity contribution is 0.138. The van der Waals surface area contributed by atoms with Crippen molar-refractivity contribution in [3.63, 3.8) is 0 Å². The Morgan fingerprint density at radius 1 is 1.06 bits per heavy atom. The molecular weight excluding hydrogens is 425 g/mol. The van der Waals surface area contributed by atoms with Gasteiger partial charge in [0.2, 0.25) is 11.8 Å². The Kier molecular flexibility index (Phi) is 8.09. The number of rotatable bonds is 11. The second-order valence-corrected chi connectivity index (χ2v) is 8.04. The first-order valence-electron chi connectivity index (χ1n) is 11.2. The van der Waals surface area contributed by atoms with E-state index in [9.17, 15) is 4.39 Å². The summed E-state index contributed by atoms with van der Waals surface area (Å²) in [5, 5.41) is 14.8. The highest BCUT2D eigenvalue weighted by molar-refractivity contribution is 5.69. The molecule has 3 aromatic heterocycles. The molecule has 10 nitrogen and oxygen atoms in total. The maximum Gasteiger partial charge on any atom is 0.253 e. The lowest BCUT2D eigenvalue weighted by Crippen LogP contribution is -2.43. The summed E-state index contributed by atoms with van der Waals surface area (Å²) in [5.74, 6) is 1.93. The molecule has 1 fully saturated rings. The molecule has 0 atom stereocenters. The number of piperazine rings is 1. The van der Waals surface area contributed by atoms with Crippen molar-refractivity contribution in [2.24, 2.45) is 0 Å². The van der Waals surface area contributed by atoms with Gasteiger partial charge in [0, 0.05) is 57.9 Å². The Labute approximate surface area is 192 Å². The van der Waals surface area contributed by atoms with Gasteiger partial charge in [-0.25, -0.2) is 4.98 Å². The Morgan fingerprint density at radius 3 is 2.67 bits per heavy atom. The summed E-state index contributed by atoms with van der Waals surface area (Å²) in [7, 11) is 2.12. The van der Waals surface area contributed by atoms with E-state index < -0.39 is 6.67 Å². The van der Waals surface area contributed by atoms with E-state index in [2.05, 4.69) is 52.6 Å². The predicted molar refractivity (Wildman–Crippen MR) is 124 cm³/mol. The summed E-state index contributed by atoms with van der Waals surface area (Å²) in [6.45, 7) is 5.30. The maximum atomic E-state index is 12.6. The van der Waals surface area contributed by atoms with E-state index in [1.807, 2.05) is 12.1 Å². The zero-order valence-electron chi connectivity index (χ0n) is 18.9. The normalized spacial score (nSPS) is 15.0. The molecule has 0 spiro atoms. The Hall–Kier alpha value is -3.18. The summed E-state index contributed by atoms with van der Waals surface area (Å²) >= 11 is 0. The van der Waals surface area contributed by atoms with Crippen LogP contribution in [0.5, 0.6) is 0 Å². The van der Waals surface area contributed by atoms with Crippen LogP contribution in [0.1, 0.15) is 17.9 Å². The number of aromatic nitrogens is 5. The molecule has 0 bridgehead atoms. The molecule has 1 aliphatic heterocycles. The third-order valence-electron chi connectivity index (χ3n) is 5.49. The molecule has 0 radical (unpaired) electrons. The van der Waals surface area contributed by atoms with Gasteiger partial charge in [0.05, 0.1) is 18.8 Å². The van der Waals surface area contributed by atoms with Gasteiger partial charge in [-0.05, 0) is 37.6 Å². The molecule has 33 heavy (non-hydrogen) atoms. The molecule has 0 unspecified atom stereocenters. The molecule has 4 heterocycles. The van der Waals surface area contributed by atoms with Crippen molar-refractivity contribution in [1.29, 1.82) is 0 Å². The van der Waals surface area contributed by atoms with E-state index in [0.29, 0.717) is 55.2 Å². The number of nitrogens with zero attached hydrogens (tertiary/aromatic N) is 7.